The fourth-order valence-corrected chi connectivity index (χ4v) is 4.31. The van der Waals surface area contributed by atoms with E-state index in [9.17, 15) is 14.7 Å². The average Bonchev–Trinajstić information content (AvgIpc) is 2.85. The van der Waals surface area contributed by atoms with Crippen molar-refractivity contribution >= 4 is 6.21 Å². The van der Waals surface area contributed by atoms with Crippen molar-refractivity contribution in [2.75, 3.05) is 26.7 Å². The van der Waals surface area contributed by atoms with Crippen LogP contribution in [-0.2, 0) is 6.54 Å². The zero-order valence-electron chi connectivity index (χ0n) is 19.3. The predicted octanol–water partition coefficient (Wildman–Crippen LogP) is 2.96. The quantitative estimate of drug-likeness (QED) is 0.502. The first kappa shape index (κ1) is 23.5. The lowest BCUT2D eigenvalue weighted by atomic mass is 9.93. The largest absolute Gasteiger partial charge is 0.497 e. The van der Waals surface area contributed by atoms with Gasteiger partial charge in [-0.1, -0.05) is 30.3 Å². The summed E-state index contributed by atoms with van der Waals surface area (Å²) in [4.78, 5) is 33.7. The number of aromatic nitrogens is 2. The highest BCUT2D eigenvalue weighted by atomic mass is 16.5. The van der Waals surface area contributed by atoms with Gasteiger partial charge >= 0.3 is 5.69 Å². The average molecular weight is 463 g/mol. The van der Waals surface area contributed by atoms with Crippen LogP contribution in [0.2, 0.25) is 0 Å². The van der Waals surface area contributed by atoms with Crippen LogP contribution in [0.1, 0.15) is 30.4 Å². The predicted molar refractivity (Wildman–Crippen MR) is 132 cm³/mol. The zero-order chi connectivity index (χ0) is 23.9. The van der Waals surface area contributed by atoms with Crippen LogP contribution in [0.15, 0.2) is 69.2 Å². The van der Waals surface area contributed by atoms with Crippen LogP contribution in [0.3, 0.4) is 0 Å². The number of aliphatic imine (C=N–C) groups is 1. The number of nitrogens with zero attached hydrogens (tertiary/aromatic N) is 3. The van der Waals surface area contributed by atoms with Crippen LogP contribution < -0.4 is 16.0 Å². The number of piperidine rings is 1. The van der Waals surface area contributed by atoms with E-state index < -0.39 is 17.1 Å². The molecule has 0 atom stereocenters. The van der Waals surface area contributed by atoms with Crippen LogP contribution in [0.25, 0.3) is 5.69 Å². The van der Waals surface area contributed by atoms with Gasteiger partial charge < -0.3 is 9.84 Å². The Bertz CT molecular complexity index is 1220. The Balaban J connectivity index is 1.35. The molecule has 0 radical (unpaired) electrons. The minimum Gasteiger partial charge on any atom is -0.497 e. The molecule has 2 heterocycles. The lowest BCUT2D eigenvalue weighted by molar-refractivity contribution is 0.173. The first-order chi connectivity index (χ1) is 16.5. The Hall–Kier alpha value is -3.65. The molecule has 0 aliphatic carbocycles. The van der Waals surface area contributed by atoms with E-state index in [-0.39, 0.29) is 5.56 Å². The second-order valence-corrected chi connectivity index (χ2v) is 8.56. The molecule has 178 valence electrons. The summed E-state index contributed by atoms with van der Waals surface area (Å²) in [7, 11) is 1.54. The van der Waals surface area contributed by atoms with E-state index >= 15 is 0 Å². The minimum absolute atomic E-state index is 0.0342. The van der Waals surface area contributed by atoms with E-state index in [1.165, 1.54) is 11.8 Å². The Kier molecular flexibility index (Phi) is 7.59. The highest BCUT2D eigenvalue weighted by Crippen LogP contribution is 2.22. The molecule has 1 aliphatic heterocycles. The molecule has 8 nitrogen and oxygen atoms in total. The van der Waals surface area contributed by atoms with Crippen LogP contribution in [-0.4, -0.2) is 52.5 Å². The van der Waals surface area contributed by atoms with Crippen LogP contribution in [0.5, 0.6) is 11.6 Å². The molecule has 8 heteroatoms. The van der Waals surface area contributed by atoms with Gasteiger partial charge in [-0.2, -0.15) is 0 Å². The lowest BCUT2D eigenvalue weighted by Crippen LogP contribution is -2.33. The molecule has 34 heavy (non-hydrogen) atoms. The van der Waals surface area contributed by atoms with Crippen LogP contribution in [0.4, 0.5) is 0 Å². The van der Waals surface area contributed by atoms with Gasteiger partial charge in [-0.15, -0.1) is 0 Å². The topological polar surface area (TPSA) is 99.9 Å². The molecule has 1 fully saturated rings. The van der Waals surface area contributed by atoms with Crippen molar-refractivity contribution in [1.82, 2.24) is 14.5 Å². The van der Waals surface area contributed by atoms with E-state index in [2.05, 4.69) is 39.1 Å². The molecule has 2 aromatic carbocycles. The maximum absolute atomic E-state index is 12.3. The Morgan fingerprint density at radius 1 is 1.09 bits per heavy atom. The number of ether oxygens (including phenoxy) is 1. The van der Waals surface area contributed by atoms with Crippen molar-refractivity contribution in [2.45, 2.75) is 25.8 Å². The van der Waals surface area contributed by atoms with Crippen molar-refractivity contribution in [1.29, 1.82) is 0 Å². The van der Waals surface area contributed by atoms with E-state index in [4.69, 9.17) is 4.74 Å². The van der Waals surface area contributed by atoms with Gasteiger partial charge in [0.25, 0.3) is 5.56 Å². The van der Waals surface area contributed by atoms with Gasteiger partial charge in [-0.25, -0.2) is 9.36 Å². The van der Waals surface area contributed by atoms with Gasteiger partial charge in [-0.3, -0.25) is 19.7 Å². The highest BCUT2D eigenvalue weighted by Gasteiger charge is 2.19. The molecule has 0 bridgehead atoms. The molecule has 0 unspecified atom stereocenters. The van der Waals surface area contributed by atoms with Gasteiger partial charge in [0.15, 0.2) is 0 Å². The molecule has 1 saturated heterocycles. The Labute approximate surface area is 198 Å². The smallest absolute Gasteiger partial charge is 0.335 e. The highest BCUT2D eigenvalue weighted by molar-refractivity contribution is 5.82. The van der Waals surface area contributed by atoms with Crippen molar-refractivity contribution in [3.8, 4) is 17.3 Å². The van der Waals surface area contributed by atoms with Crippen molar-refractivity contribution < 1.29 is 9.84 Å². The second-order valence-electron chi connectivity index (χ2n) is 8.56. The second kappa shape index (κ2) is 11.0. The molecule has 2 N–H and O–H groups in total. The Morgan fingerprint density at radius 3 is 2.47 bits per heavy atom. The maximum atomic E-state index is 12.3. The third-order valence-corrected chi connectivity index (χ3v) is 6.29. The lowest BCUT2D eigenvalue weighted by Gasteiger charge is -2.31. The molecular weight excluding hydrogens is 432 g/mol. The summed E-state index contributed by atoms with van der Waals surface area (Å²) in [5.41, 5.74) is 0.341. The molecule has 0 saturated carbocycles. The molecule has 4 rings (SSSR count). The number of aromatic hydroxyl groups is 1. The fourth-order valence-electron chi connectivity index (χ4n) is 4.31. The molecule has 0 spiro atoms. The number of likely N-dealkylation sites (tertiary alicyclic amines) is 1. The number of rotatable bonds is 8. The monoisotopic (exact) mass is 462 g/mol. The number of methoxy groups -OCH3 is 1. The number of hydrogen-bond acceptors (Lipinski definition) is 6. The standard InChI is InChI=1S/C26H30N4O4/c1-34-22-9-7-21(8-10-22)30-25(32)23(24(31)28-26(30)33)17-27-14-11-19-12-15-29(16-13-19)18-20-5-3-2-4-6-20/h2-10,17,19,32H,11-16,18H2,1H3,(H,28,31,33). The first-order valence-electron chi connectivity index (χ1n) is 11.5. The van der Waals surface area contributed by atoms with E-state index in [1.54, 1.807) is 31.4 Å². The van der Waals surface area contributed by atoms with E-state index in [1.807, 2.05) is 6.07 Å². The SMILES string of the molecule is COc1ccc(-n2c(O)c(C=NCCC3CCN(Cc4ccccc4)CC3)c(=O)[nH]c2=O)cc1. The van der Waals surface area contributed by atoms with Gasteiger partial charge in [-0.05, 0) is 68.1 Å². The number of nitrogens with one attached hydrogen (secondary N) is 1. The van der Waals surface area contributed by atoms with Gasteiger partial charge in [0, 0.05) is 19.3 Å². The number of H-pyrrole nitrogens is 1. The minimum atomic E-state index is -0.716. The summed E-state index contributed by atoms with van der Waals surface area (Å²) in [6.45, 7) is 3.68. The summed E-state index contributed by atoms with van der Waals surface area (Å²) in [5, 5.41) is 10.6. The molecule has 1 aromatic heterocycles. The third kappa shape index (κ3) is 5.63. The fraction of sp³-hybridized carbons (Fsp3) is 0.346. The molecule has 3 aromatic rings. The zero-order valence-corrected chi connectivity index (χ0v) is 19.3. The van der Waals surface area contributed by atoms with Crippen molar-refractivity contribution in [2.24, 2.45) is 10.9 Å². The Morgan fingerprint density at radius 2 is 1.79 bits per heavy atom. The summed E-state index contributed by atoms with van der Waals surface area (Å²) in [6, 6.07) is 17.1. The van der Waals surface area contributed by atoms with Crippen molar-refractivity contribution in [3.05, 3.63) is 86.6 Å². The molecule has 1 aliphatic rings. The number of benzene rings is 2. The molecular formula is C26H30N4O4. The maximum Gasteiger partial charge on any atom is 0.335 e. The summed E-state index contributed by atoms with van der Waals surface area (Å²) in [5.74, 6) is 0.773. The van der Waals surface area contributed by atoms with Crippen molar-refractivity contribution in [3.63, 3.8) is 0 Å². The van der Waals surface area contributed by atoms with E-state index in [0.717, 1.165) is 43.5 Å². The van der Waals surface area contributed by atoms with Crippen LogP contribution >= 0.6 is 0 Å². The summed E-state index contributed by atoms with van der Waals surface area (Å²) in [6.07, 6.45) is 4.53. The third-order valence-electron chi connectivity index (χ3n) is 6.29. The van der Waals surface area contributed by atoms with Gasteiger partial charge in [0.2, 0.25) is 5.88 Å². The normalized spacial score (nSPS) is 15.1. The summed E-state index contributed by atoms with van der Waals surface area (Å²) >= 11 is 0. The van der Waals surface area contributed by atoms with Crippen LogP contribution in [0, 0.1) is 5.92 Å². The van der Waals surface area contributed by atoms with E-state index in [0.29, 0.717) is 23.9 Å². The first-order valence-corrected chi connectivity index (χ1v) is 11.5. The number of hydrogen-bond donors (Lipinski definition) is 2. The van der Waals surface area contributed by atoms with Gasteiger partial charge in [0.1, 0.15) is 11.3 Å². The number of aromatic amines is 1. The van der Waals surface area contributed by atoms with Gasteiger partial charge in [0.05, 0.1) is 12.8 Å². The summed E-state index contributed by atoms with van der Waals surface area (Å²) < 4.78 is 6.17. The molecule has 0 amide bonds.